The molecule has 1 amide bonds. The van der Waals surface area contributed by atoms with Crippen molar-refractivity contribution in [2.75, 3.05) is 6.54 Å². The van der Waals surface area contributed by atoms with Crippen molar-refractivity contribution in [1.82, 2.24) is 5.32 Å². The Hall–Kier alpha value is -1.32. The number of amides is 1. The second-order valence-corrected chi connectivity index (χ2v) is 11.1. The van der Waals surface area contributed by atoms with Crippen molar-refractivity contribution in [3.8, 4) is 0 Å². The number of ether oxygens (including phenoxy) is 1. The second kappa shape index (κ2) is 7.18. The van der Waals surface area contributed by atoms with Gasteiger partial charge in [-0.1, -0.05) is 25.5 Å². The number of carbonyl (C=O) groups is 2. The van der Waals surface area contributed by atoms with Crippen LogP contribution in [0.15, 0.2) is 11.6 Å². The van der Waals surface area contributed by atoms with E-state index in [4.69, 9.17) is 4.74 Å². The van der Waals surface area contributed by atoms with Crippen LogP contribution in [0.3, 0.4) is 0 Å². The van der Waals surface area contributed by atoms with Crippen LogP contribution in [0, 0.1) is 22.2 Å². The fourth-order valence-corrected chi connectivity index (χ4v) is 7.64. The summed E-state index contributed by atoms with van der Waals surface area (Å²) in [5.41, 5.74) is 1.63. The lowest BCUT2D eigenvalue weighted by molar-refractivity contribution is -0.195. The lowest BCUT2D eigenvalue weighted by Crippen LogP contribution is -2.58. The number of carbonyl (C=O) groups excluding carboxylic acids is 2. The van der Waals surface area contributed by atoms with Crippen molar-refractivity contribution in [3.05, 3.63) is 11.6 Å². The Morgan fingerprint density at radius 2 is 1.86 bits per heavy atom. The molecule has 4 saturated carbocycles. The molecular formula is C24H37NO3. The third kappa shape index (κ3) is 3.89. The molecule has 0 aromatic heterocycles. The van der Waals surface area contributed by atoms with Crippen molar-refractivity contribution in [2.24, 2.45) is 22.2 Å². The highest BCUT2D eigenvalue weighted by atomic mass is 16.5. The highest BCUT2D eigenvalue weighted by Crippen LogP contribution is 2.69. The normalized spacial score (nSPS) is 40.0. The first-order chi connectivity index (χ1) is 13.2. The van der Waals surface area contributed by atoms with Crippen LogP contribution in [0.4, 0.5) is 0 Å². The van der Waals surface area contributed by atoms with E-state index in [1.807, 2.05) is 0 Å². The van der Waals surface area contributed by atoms with Crippen molar-refractivity contribution < 1.29 is 14.3 Å². The molecule has 0 saturated heterocycles. The van der Waals surface area contributed by atoms with E-state index in [1.165, 1.54) is 37.7 Å². The highest BCUT2D eigenvalue weighted by Gasteiger charge is 2.63. The molecule has 0 aromatic carbocycles. The van der Waals surface area contributed by atoms with Crippen LogP contribution in [0.2, 0.25) is 0 Å². The summed E-state index contributed by atoms with van der Waals surface area (Å²) in [7, 11) is 0. The second-order valence-electron chi connectivity index (χ2n) is 11.1. The van der Waals surface area contributed by atoms with E-state index in [1.54, 1.807) is 6.92 Å². The highest BCUT2D eigenvalue weighted by molar-refractivity contribution is 5.85. The van der Waals surface area contributed by atoms with E-state index in [0.717, 1.165) is 38.5 Å². The molecular weight excluding hydrogens is 350 g/mol. The maximum atomic E-state index is 13.2. The van der Waals surface area contributed by atoms with Gasteiger partial charge in [0, 0.05) is 6.54 Å². The summed E-state index contributed by atoms with van der Waals surface area (Å²) in [6.45, 7) is 7.06. The number of hydrogen-bond donors (Lipinski definition) is 1. The van der Waals surface area contributed by atoms with Crippen molar-refractivity contribution in [3.63, 3.8) is 0 Å². The van der Waals surface area contributed by atoms with Crippen LogP contribution in [-0.2, 0) is 14.3 Å². The summed E-state index contributed by atoms with van der Waals surface area (Å²) in [4.78, 5) is 25.7. The average Bonchev–Trinajstić information content (AvgIpc) is 2.59. The van der Waals surface area contributed by atoms with E-state index < -0.39 is 6.10 Å². The van der Waals surface area contributed by atoms with Gasteiger partial charge < -0.3 is 10.1 Å². The Bertz CT molecular complexity index is 663. The topological polar surface area (TPSA) is 55.4 Å². The summed E-state index contributed by atoms with van der Waals surface area (Å²) >= 11 is 0. The van der Waals surface area contributed by atoms with E-state index in [-0.39, 0.29) is 28.1 Å². The predicted octanol–water partition coefficient (Wildman–Crippen LogP) is 4.92. The van der Waals surface area contributed by atoms with E-state index in [9.17, 15) is 9.59 Å². The molecule has 5 aliphatic rings. The molecule has 5 rings (SSSR count). The third-order valence-electron chi connectivity index (χ3n) is 7.84. The fraction of sp³-hybridized carbons (Fsp3) is 0.833. The van der Waals surface area contributed by atoms with Gasteiger partial charge in [0.15, 0.2) is 6.10 Å². The van der Waals surface area contributed by atoms with Crippen LogP contribution in [0.5, 0.6) is 0 Å². The molecule has 0 heterocycles. The number of esters is 1. The van der Waals surface area contributed by atoms with Gasteiger partial charge in [-0.2, -0.15) is 0 Å². The largest absolute Gasteiger partial charge is 0.452 e. The Morgan fingerprint density at radius 1 is 1.14 bits per heavy atom. The monoisotopic (exact) mass is 387 g/mol. The molecule has 0 aliphatic heterocycles. The Labute approximate surface area is 169 Å². The minimum Gasteiger partial charge on any atom is -0.452 e. The van der Waals surface area contributed by atoms with Crippen molar-refractivity contribution in [2.45, 2.75) is 97.5 Å². The quantitative estimate of drug-likeness (QED) is 0.520. The molecule has 0 spiro atoms. The SMILES string of the molecule is C[C@@H](OC(=O)C12CC3C[C@@](C)(C1)C[C@](C)(C3)C2)C(=O)NCCC1=CCCCC1. The summed E-state index contributed by atoms with van der Waals surface area (Å²) in [6, 6.07) is 0. The standard InChI is InChI=1S/C24H37NO3/c1-17(20(26)25-10-9-18-7-5-4-6-8-18)28-21(27)24-13-19-11-22(2,15-24)14-23(3,12-19)16-24/h7,17,19H,4-6,8-16H2,1-3H3,(H,25,26)/t17-,19?,22-,23+,24?/m1/s1. The zero-order chi connectivity index (χ0) is 20.0. The smallest absolute Gasteiger partial charge is 0.312 e. The van der Waals surface area contributed by atoms with Gasteiger partial charge in [0.1, 0.15) is 0 Å². The molecule has 4 bridgehead atoms. The van der Waals surface area contributed by atoms with Gasteiger partial charge >= 0.3 is 5.97 Å². The molecule has 5 aliphatic carbocycles. The zero-order valence-electron chi connectivity index (χ0n) is 17.9. The van der Waals surface area contributed by atoms with Crippen LogP contribution >= 0.6 is 0 Å². The van der Waals surface area contributed by atoms with E-state index >= 15 is 0 Å². The Balaban J connectivity index is 1.31. The Morgan fingerprint density at radius 3 is 2.46 bits per heavy atom. The van der Waals surface area contributed by atoms with Crippen LogP contribution < -0.4 is 5.32 Å². The molecule has 5 atom stereocenters. The third-order valence-corrected chi connectivity index (χ3v) is 7.84. The molecule has 0 aromatic rings. The van der Waals surface area contributed by atoms with Crippen molar-refractivity contribution in [1.29, 1.82) is 0 Å². The van der Waals surface area contributed by atoms with Gasteiger partial charge in [0.05, 0.1) is 5.41 Å². The first-order valence-corrected chi connectivity index (χ1v) is 11.4. The van der Waals surface area contributed by atoms with Gasteiger partial charge in [-0.25, -0.2) is 0 Å². The van der Waals surface area contributed by atoms with Gasteiger partial charge in [-0.3, -0.25) is 9.59 Å². The molecule has 28 heavy (non-hydrogen) atoms. The number of allylic oxidation sites excluding steroid dienone is 1. The fourth-order valence-electron chi connectivity index (χ4n) is 7.64. The molecule has 0 radical (unpaired) electrons. The lowest BCUT2D eigenvalue weighted by atomic mass is 9.40. The maximum absolute atomic E-state index is 13.2. The predicted molar refractivity (Wildman–Crippen MR) is 110 cm³/mol. The van der Waals surface area contributed by atoms with E-state index in [0.29, 0.717) is 12.5 Å². The maximum Gasteiger partial charge on any atom is 0.312 e. The van der Waals surface area contributed by atoms with Crippen molar-refractivity contribution >= 4 is 11.9 Å². The van der Waals surface area contributed by atoms with Gasteiger partial charge in [0.2, 0.25) is 0 Å². The number of rotatable bonds is 6. The first kappa shape index (κ1) is 20.0. The zero-order valence-corrected chi connectivity index (χ0v) is 17.9. The average molecular weight is 388 g/mol. The van der Waals surface area contributed by atoms with E-state index in [2.05, 4.69) is 25.2 Å². The van der Waals surface area contributed by atoms with Gasteiger partial charge in [-0.05, 0) is 94.3 Å². The molecule has 4 nitrogen and oxygen atoms in total. The Kier molecular flexibility index (Phi) is 5.12. The molecule has 1 N–H and O–H groups in total. The van der Waals surface area contributed by atoms with Gasteiger partial charge in [-0.15, -0.1) is 0 Å². The van der Waals surface area contributed by atoms with Crippen LogP contribution in [0.25, 0.3) is 0 Å². The number of nitrogens with one attached hydrogen (secondary N) is 1. The van der Waals surface area contributed by atoms with Crippen LogP contribution in [-0.4, -0.2) is 24.5 Å². The summed E-state index contributed by atoms with van der Waals surface area (Å²) in [5, 5.41) is 2.97. The summed E-state index contributed by atoms with van der Waals surface area (Å²) in [6.07, 6.45) is 14.0. The molecule has 4 fully saturated rings. The summed E-state index contributed by atoms with van der Waals surface area (Å²) in [5.74, 6) is 0.366. The first-order valence-electron chi connectivity index (χ1n) is 11.4. The number of hydrogen-bond acceptors (Lipinski definition) is 3. The minimum absolute atomic E-state index is 0.119. The summed E-state index contributed by atoms with van der Waals surface area (Å²) < 4.78 is 5.76. The molecule has 156 valence electrons. The van der Waals surface area contributed by atoms with Crippen LogP contribution in [0.1, 0.15) is 91.4 Å². The minimum atomic E-state index is -0.707. The lowest BCUT2D eigenvalue weighted by Gasteiger charge is -2.64. The molecule has 4 heteroatoms. The molecule has 2 unspecified atom stereocenters. The van der Waals surface area contributed by atoms with Gasteiger partial charge in [0.25, 0.3) is 5.91 Å².